The van der Waals surface area contributed by atoms with Crippen LogP contribution in [0, 0.1) is 5.92 Å². The van der Waals surface area contributed by atoms with Crippen molar-refractivity contribution in [2.75, 3.05) is 14.1 Å². The van der Waals surface area contributed by atoms with Crippen molar-refractivity contribution in [1.82, 2.24) is 9.03 Å². The maximum atomic E-state index is 11.5. The summed E-state index contributed by atoms with van der Waals surface area (Å²) in [7, 11) is -0.796. The molecule has 0 heterocycles. The van der Waals surface area contributed by atoms with Crippen molar-refractivity contribution in [2.45, 2.75) is 19.9 Å². The molecule has 1 unspecified atom stereocenters. The van der Waals surface area contributed by atoms with E-state index < -0.39 is 16.3 Å². The summed E-state index contributed by atoms with van der Waals surface area (Å²) < 4.78 is 26.3. The number of nitrogens with zero attached hydrogens (tertiary/aromatic N) is 2. The second-order valence-corrected chi connectivity index (χ2v) is 5.57. The van der Waals surface area contributed by atoms with Crippen LogP contribution in [0.1, 0.15) is 13.8 Å². The van der Waals surface area contributed by atoms with Gasteiger partial charge in [-0.1, -0.05) is 19.0 Å². The molecule has 0 saturated heterocycles. The molecule has 4 N–H and O–H groups in total. The third-order valence-corrected chi connectivity index (χ3v) is 3.37. The van der Waals surface area contributed by atoms with Gasteiger partial charge in [-0.2, -0.15) is 17.4 Å². The summed E-state index contributed by atoms with van der Waals surface area (Å²) in [5, 5.41) is 11.3. The largest absolute Gasteiger partial charge is 0.409 e. The van der Waals surface area contributed by atoms with Gasteiger partial charge in [0.2, 0.25) is 0 Å². The Labute approximate surface area is 90.1 Å². The van der Waals surface area contributed by atoms with Gasteiger partial charge in [0.15, 0.2) is 5.84 Å². The number of nitrogens with one attached hydrogen (secondary N) is 1. The maximum absolute atomic E-state index is 11.5. The summed E-state index contributed by atoms with van der Waals surface area (Å²) in [6, 6.07) is -0.720. The highest BCUT2D eigenvalue weighted by Crippen LogP contribution is 2.04. The van der Waals surface area contributed by atoms with Crippen molar-refractivity contribution in [1.29, 1.82) is 0 Å². The fourth-order valence-corrected chi connectivity index (χ4v) is 1.79. The van der Waals surface area contributed by atoms with Gasteiger partial charge in [-0.3, -0.25) is 0 Å². The molecule has 0 aliphatic heterocycles. The van der Waals surface area contributed by atoms with Crippen molar-refractivity contribution < 1.29 is 13.6 Å². The molecule has 1 atom stereocenters. The van der Waals surface area contributed by atoms with Gasteiger partial charge < -0.3 is 10.9 Å². The third-order valence-electron chi connectivity index (χ3n) is 1.86. The lowest BCUT2D eigenvalue weighted by Crippen LogP contribution is -2.51. The Bertz CT molecular complexity index is 323. The molecule has 0 fully saturated rings. The van der Waals surface area contributed by atoms with Gasteiger partial charge in [-0.15, -0.1) is 0 Å². The average molecular weight is 238 g/mol. The van der Waals surface area contributed by atoms with E-state index in [1.165, 1.54) is 14.1 Å². The molecule has 0 aromatic rings. The van der Waals surface area contributed by atoms with E-state index in [9.17, 15) is 8.42 Å². The molecule has 0 aromatic heterocycles. The third kappa shape index (κ3) is 4.02. The monoisotopic (exact) mass is 238 g/mol. The van der Waals surface area contributed by atoms with Gasteiger partial charge in [-0.05, 0) is 5.92 Å². The molecule has 0 radical (unpaired) electrons. The van der Waals surface area contributed by atoms with Crippen LogP contribution < -0.4 is 10.5 Å². The SMILES string of the molecule is CC(C)C(NS(=O)(=O)N(C)C)C(N)=NO. The minimum Gasteiger partial charge on any atom is -0.409 e. The Morgan fingerprint density at radius 3 is 2.20 bits per heavy atom. The van der Waals surface area contributed by atoms with Crippen LogP contribution >= 0.6 is 0 Å². The van der Waals surface area contributed by atoms with Crippen molar-refractivity contribution in [3.8, 4) is 0 Å². The van der Waals surface area contributed by atoms with Crippen LogP contribution in [0.2, 0.25) is 0 Å². The number of nitrogens with two attached hydrogens (primary N) is 1. The van der Waals surface area contributed by atoms with Gasteiger partial charge in [0, 0.05) is 14.1 Å². The molecule has 0 spiro atoms. The molecular weight excluding hydrogens is 220 g/mol. The van der Waals surface area contributed by atoms with E-state index in [4.69, 9.17) is 10.9 Å². The first-order chi connectivity index (χ1) is 6.72. The van der Waals surface area contributed by atoms with Crippen LogP contribution in [0.25, 0.3) is 0 Å². The lowest BCUT2D eigenvalue weighted by molar-refractivity contribution is 0.313. The van der Waals surface area contributed by atoms with Gasteiger partial charge in [-0.25, -0.2) is 0 Å². The maximum Gasteiger partial charge on any atom is 0.279 e. The zero-order chi connectivity index (χ0) is 12.2. The minimum atomic E-state index is -3.59. The van der Waals surface area contributed by atoms with E-state index in [1.807, 2.05) is 0 Å². The first kappa shape index (κ1) is 14.1. The Hall–Kier alpha value is -0.860. The quantitative estimate of drug-likeness (QED) is 0.251. The molecule has 0 bridgehead atoms. The number of rotatable bonds is 5. The van der Waals surface area contributed by atoms with E-state index in [0.29, 0.717) is 0 Å². The minimum absolute atomic E-state index is 0.115. The van der Waals surface area contributed by atoms with Gasteiger partial charge in [0.1, 0.15) is 0 Å². The normalized spacial score (nSPS) is 16.0. The highest BCUT2D eigenvalue weighted by molar-refractivity contribution is 7.87. The first-order valence-corrected chi connectivity index (χ1v) is 5.83. The fourth-order valence-electron chi connectivity index (χ4n) is 0.866. The predicted molar refractivity (Wildman–Crippen MR) is 57.8 cm³/mol. The first-order valence-electron chi connectivity index (χ1n) is 4.39. The summed E-state index contributed by atoms with van der Waals surface area (Å²) >= 11 is 0. The highest BCUT2D eigenvalue weighted by atomic mass is 32.2. The summed E-state index contributed by atoms with van der Waals surface area (Å²) in [5.41, 5.74) is 5.38. The van der Waals surface area contributed by atoms with Crippen LogP contribution in [0.4, 0.5) is 0 Å². The van der Waals surface area contributed by atoms with Crippen LogP contribution in [-0.4, -0.2) is 43.9 Å². The van der Waals surface area contributed by atoms with Gasteiger partial charge in [0.05, 0.1) is 6.04 Å². The molecule has 0 rings (SSSR count). The molecule has 90 valence electrons. The van der Waals surface area contributed by atoms with Gasteiger partial charge in [0.25, 0.3) is 10.2 Å². The molecule has 8 heteroatoms. The number of oxime groups is 1. The van der Waals surface area contributed by atoms with E-state index in [1.54, 1.807) is 13.8 Å². The second kappa shape index (κ2) is 5.29. The van der Waals surface area contributed by atoms with Crippen LogP contribution in [-0.2, 0) is 10.2 Å². The molecule has 0 aliphatic carbocycles. The average Bonchev–Trinajstić information content (AvgIpc) is 2.12. The topological polar surface area (TPSA) is 108 Å². The number of hydrogen-bond donors (Lipinski definition) is 3. The smallest absolute Gasteiger partial charge is 0.279 e. The Morgan fingerprint density at radius 1 is 1.47 bits per heavy atom. The van der Waals surface area contributed by atoms with Crippen molar-refractivity contribution in [3.05, 3.63) is 0 Å². The zero-order valence-corrected chi connectivity index (χ0v) is 10.1. The summed E-state index contributed by atoms with van der Waals surface area (Å²) in [6.45, 7) is 3.53. The van der Waals surface area contributed by atoms with Gasteiger partial charge >= 0.3 is 0 Å². The van der Waals surface area contributed by atoms with Crippen molar-refractivity contribution in [2.24, 2.45) is 16.8 Å². The zero-order valence-electron chi connectivity index (χ0n) is 9.30. The number of amidine groups is 1. The highest BCUT2D eigenvalue weighted by Gasteiger charge is 2.25. The summed E-state index contributed by atoms with van der Waals surface area (Å²) in [5.74, 6) is -0.272. The Balaban J connectivity index is 4.87. The summed E-state index contributed by atoms with van der Waals surface area (Å²) in [6.07, 6.45) is 0. The van der Waals surface area contributed by atoms with Crippen LogP contribution in [0.15, 0.2) is 5.16 Å². The molecular formula is C7H18N4O3S. The Kier molecular flexibility index (Phi) is 4.98. The lowest BCUT2D eigenvalue weighted by Gasteiger charge is -2.22. The van der Waals surface area contributed by atoms with Crippen molar-refractivity contribution in [3.63, 3.8) is 0 Å². The van der Waals surface area contributed by atoms with E-state index in [0.717, 1.165) is 4.31 Å². The summed E-state index contributed by atoms with van der Waals surface area (Å²) in [4.78, 5) is 0. The molecule has 0 aliphatic rings. The van der Waals surface area contributed by atoms with Crippen LogP contribution in [0.3, 0.4) is 0 Å². The fraction of sp³-hybridized carbons (Fsp3) is 0.857. The molecule has 0 aromatic carbocycles. The predicted octanol–water partition coefficient (Wildman–Crippen LogP) is -0.847. The molecule has 0 saturated carbocycles. The van der Waals surface area contributed by atoms with E-state index in [-0.39, 0.29) is 11.8 Å². The lowest BCUT2D eigenvalue weighted by atomic mass is 10.1. The second-order valence-electron chi connectivity index (χ2n) is 3.65. The Morgan fingerprint density at radius 2 is 1.93 bits per heavy atom. The van der Waals surface area contributed by atoms with E-state index >= 15 is 0 Å². The molecule has 7 nitrogen and oxygen atoms in total. The van der Waals surface area contributed by atoms with Crippen molar-refractivity contribution >= 4 is 16.0 Å². The molecule has 15 heavy (non-hydrogen) atoms. The standard InChI is InChI=1S/C7H18N4O3S/c1-5(2)6(7(8)9-12)10-15(13,14)11(3)4/h5-6,10,12H,1-4H3,(H2,8,9). The van der Waals surface area contributed by atoms with Crippen LogP contribution in [0.5, 0.6) is 0 Å². The molecule has 0 amide bonds. The van der Waals surface area contributed by atoms with E-state index in [2.05, 4.69) is 9.88 Å². The number of hydrogen-bond acceptors (Lipinski definition) is 4.